The molecule has 0 aliphatic rings. The molecule has 0 fully saturated rings. The molecule has 0 rings (SSSR count). The normalized spacial score (nSPS) is 7.00. The van der Waals surface area contributed by atoms with Crippen molar-refractivity contribution in [3.8, 4) is 0 Å². The first-order chi connectivity index (χ1) is 2.77. The zero-order valence-electron chi connectivity index (χ0n) is 3.76. The summed E-state index contributed by atoms with van der Waals surface area (Å²) in [6, 6.07) is 0. The minimum atomic E-state index is -0.461. The lowest BCUT2D eigenvalue weighted by Crippen LogP contribution is -2.11. The van der Waals surface area contributed by atoms with Crippen LogP contribution in [0.5, 0.6) is 0 Å². The van der Waals surface area contributed by atoms with Gasteiger partial charge in [0.1, 0.15) is 0 Å². The van der Waals surface area contributed by atoms with Crippen LogP contribution in [-0.2, 0) is 4.79 Å². The van der Waals surface area contributed by atoms with Gasteiger partial charge in [-0.25, -0.2) is 0 Å². The van der Waals surface area contributed by atoms with E-state index in [2.05, 4.69) is 5.73 Å². The number of aliphatic hydroxyl groups excluding tert-OH is 1. The van der Waals surface area contributed by atoms with Crippen molar-refractivity contribution in [2.24, 2.45) is 5.73 Å². The summed E-state index contributed by atoms with van der Waals surface area (Å²) in [5, 5.41) is 7.94. The molecule has 0 saturated heterocycles. The number of carbonyl (C=O) groups is 1. The molecule has 7 heavy (non-hydrogen) atoms. The molecule has 3 N–H and O–H groups in total. The van der Waals surface area contributed by atoms with Crippen molar-refractivity contribution in [3.63, 3.8) is 0 Å². The van der Waals surface area contributed by atoms with E-state index >= 15 is 0 Å². The van der Waals surface area contributed by atoms with Gasteiger partial charge in [0, 0.05) is 6.42 Å². The molecule has 0 spiro atoms. The maximum Gasteiger partial charge on any atom is 0.219 e. The highest BCUT2D eigenvalue weighted by atomic mass is 79.9. The van der Waals surface area contributed by atoms with Gasteiger partial charge < -0.3 is 10.8 Å². The number of halogens is 1. The van der Waals surface area contributed by atoms with E-state index in [-0.39, 0.29) is 30.0 Å². The Kier molecular flexibility index (Phi) is 8.45. The Bertz CT molecular complexity index is 56.9. The van der Waals surface area contributed by atoms with Gasteiger partial charge in [-0.15, -0.1) is 17.0 Å². The van der Waals surface area contributed by atoms with Crippen LogP contribution in [0.3, 0.4) is 0 Å². The molecule has 0 aromatic carbocycles. The monoisotopic (exact) mass is 169 g/mol. The summed E-state index contributed by atoms with van der Waals surface area (Å²) >= 11 is 0. The van der Waals surface area contributed by atoms with Crippen molar-refractivity contribution < 1.29 is 9.90 Å². The highest BCUT2D eigenvalue weighted by Gasteiger charge is 1.85. The Morgan fingerprint density at radius 1 is 1.71 bits per heavy atom. The Balaban J connectivity index is 0. The SMILES string of the molecule is Br.NC(=O)CCO. The number of primary amides is 1. The molecule has 0 aliphatic carbocycles. The predicted octanol–water partition coefficient (Wildman–Crippen LogP) is -0.568. The molecule has 0 atom stereocenters. The summed E-state index contributed by atoms with van der Waals surface area (Å²) in [5.41, 5.74) is 4.60. The van der Waals surface area contributed by atoms with Gasteiger partial charge in [-0.1, -0.05) is 0 Å². The van der Waals surface area contributed by atoms with Crippen LogP contribution in [-0.4, -0.2) is 17.6 Å². The van der Waals surface area contributed by atoms with Crippen molar-refractivity contribution in [2.45, 2.75) is 6.42 Å². The van der Waals surface area contributed by atoms with E-state index in [4.69, 9.17) is 5.11 Å². The molecular weight excluding hydrogens is 162 g/mol. The second-order valence-electron chi connectivity index (χ2n) is 0.940. The van der Waals surface area contributed by atoms with E-state index in [1.165, 1.54) is 0 Å². The summed E-state index contributed by atoms with van der Waals surface area (Å²) in [7, 11) is 0. The highest BCUT2D eigenvalue weighted by molar-refractivity contribution is 8.93. The molecule has 0 bridgehead atoms. The fourth-order valence-electron chi connectivity index (χ4n) is 0.110. The van der Waals surface area contributed by atoms with Crippen LogP contribution in [0, 0.1) is 0 Å². The van der Waals surface area contributed by atoms with Crippen LogP contribution in [0.25, 0.3) is 0 Å². The molecule has 44 valence electrons. The van der Waals surface area contributed by atoms with Gasteiger partial charge in [0.05, 0.1) is 6.61 Å². The Labute approximate surface area is 52.3 Å². The Morgan fingerprint density at radius 3 is 2.14 bits per heavy atom. The fourth-order valence-corrected chi connectivity index (χ4v) is 0.110. The minimum absolute atomic E-state index is 0. The van der Waals surface area contributed by atoms with Gasteiger partial charge >= 0.3 is 0 Å². The van der Waals surface area contributed by atoms with E-state index in [1.54, 1.807) is 0 Å². The van der Waals surface area contributed by atoms with E-state index in [0.717, 1.165) is 0 Å². The smallest absolute Gasteiger partial charge is 0.219 e. The topological polar surface area (TPSA) is 63.3 Å². The molecule has 3 nitrogen and oxygen atoms in total. The average Bonchev–Trinajstić information content (AvgIpc) is 1.35. The molecule has 0 radical (unpaired) electrons. The second kappa shape index (κ2) is 5.91. The maximum absolute atomic E-state index is 9.66. The number of rotatable bonds is 2. The van der Waals surface area contributed by atoms with Crippen LogP contribution in [0.4, 0.5) is 0 Å². The first kappa shape index (κ1) is 10.0. The van der Waals surface area contributed by atoms with Gasteiger partial charge in [0.2, 0.25) is 5.91 Å². The van der Waals surface area contributed by atoms with Gasteiger partial charge in [0.25, 0.3) is 0 Å². The first-order valence-electron chi connectivity index (χ1n) is 1.66. The third-order valence-corrected chi connectivity index (χ3v) is 0.358. The molecule has 0 saturated carbocycles. The molecule has 0 aliphatic heterocycles. The number of aliphatic hydroxyl groups is 1. The van der Waals surface area contributed by atoms with Gasteiger partial charge in [-0.2, -0.15) is 0 Å². The summed E-state index contributed by atoms with van der Waals surface area (Å²) in [4.78, 5) is 9.66. The molecule has 0 heterocycles. The van der Waals surface area contributed by atoms with E-state index in [9.17, 15) is 4.79 Å². The number of nitrogens with two attached hydrogens (primary N) is 1. The second-order valence-corrected chi connectivity index (χ2v) is 0.940. The average molecular weight is 170 g/mol. The minimum Gasteiger partial charge on any atom is -0.396 e. The van der Waals surface area contributed by atoms with Crippen LogP contribution in [0.1, 0.15) is 6.42 Å². The fraction of sp³-hybridized carbons (Fsp3) is 0.667. The quantitative estimate of drug-likeness (QED) is 0.582. The number of amides is 1. The zero-order chi connectivity index (χ0) is 4.99. The largest absolute Gasteiger partial charge is 0.396 e. The Hall–Kier alpha value is -0.0900. The van der Waals surface area contributed by atoms with Crippen molar-refractivity contribution in [2.75, 3.05) is 6.61 Å². The molecule has 0 unspecified atom stereocenters. The lowest BCUT2D eigenvalue weighted by atomic mass is 10.4. The molecule has 1 amide bonds. The maximum atomic E-state index is 9.66. The summed E-state index contributed by atoms with van der Waals surface area (Å²) in [6.07, 6.45) is 0.0694. The zero-order valence-corrected chi connectivity index (χ0v) is 5.47. The molecule has 4 heteroatoms. The highest BCUT2D eigenvalue weighted by Crippen LogP contribution is 1.66. The third kappa shape index (κ3) is 10.7. The van der Waals surface area contributed by atoms with Crippen LogP contribution < -0.4 is 5.73 Å². The molecular formula is C3H8BrNO2. The van der Waals surface area contributed by atoms with E-state index in [0.29, 0.717) is 0 Å². The van der Waals surface area contributed by atoms with Crippen LogP contribution in [0.2, 0.25) is 0 Å². The summed E-state index contributed by atoms with van der Waals surface area (Å²) < 4.78 is 0. The third-order valence-electron chi connectivity index (χ3n) is 0.358. The number of carbonyl (C=O) groups excluding carboxylic acids is 1. The predicted molar refractivity (Wildman–Crippen MR) is 31.2 cm³/mol. The van der Waals surface area contributed by atoms with Crippen LogP contribution >= 0.6 is 17.0 Å². The lowest BCUT2D eigenvalue weighted by molar-refractivity contribution is -0.118. The molecule has 0 aromatic heterocycles. The van der Waals surface area contributed by atoms with Gasteiger partial charge in [0.15, 0.2) is 0 Å². The van der Waals surface area contributed by atoms with Crippen molar-refractivity contribution in [1.29, 1.82) is 0 Å². The van der Waals surface area contributed by atoms with Gasteiger partial charge in [-0.3, -0.25) is 4.79 Å². The first-order valence-corrected chi connectivity index (χ1v) is 1.66. The van der Waals surface area contributed by atoms with Crippen molar-refractivity contribution in [1.82, 2.24) is 0 Å². The van der Waals surface area contributed by atoms with Crippen molar-refractivity contribution >= 4 is 22.9 Å². The van der Waals surface area contributed by atoms with Gasteiger partial charge in [-0.05, 0) is 0 Å². The standard InChI is InChI=1S/C3H7NO2.BrH/c4-3(6)1-2-5;/h5H,1-2H2,(H2,4,6);1H. The Morgan fingerprint density at radius 2 is 2.14 bits per heavy atom. The summed E-state index contributed by atoms with van der Waals surface area (Å²) in [6.45, 7) is -0.144. The molecule has 0 aromatic rings. The van der Waals surface area contributed by atoms with E-state index in [1.807, 2.05) is 0 Å². The van der Waals surface area contributed by atoms with E-state index < -0.39 is 5.91 Å². The number of hydrogen-bond donors (Lipinski definition) is 2. The lowest BCUT2D eigenvalue weighted by Gasteiger charge is -1.81. The summed E-state index contributed by atoms with van der Waals surface area (Å²) in [5.74, 6) is -0.461. The van der Waals surface area contributed by atoms with Crippen molar-refractivity contribution in [3.05, 3.63) is 0 Å². The van der Waals surface area contributed by atoms with Crippen LogP contribution in [0.15, 0.2) is 0 Å². The number of hydrogen-bond acceptors (Lipinski definition) is 2.